The first-order valence-electron chi connectivity index (χ1n) is 7.22. The van der Waals surface area contributed by atoms with Crippen molar-refractivity contribution < 1.29 is 9.84 Å². The number of hydrogen-bond donors (Lipinski definition) is 2. The van der Waals surface area contributed by atoms with Gasteiger partial charge < -0.3 is 20.5 Å². The molecule has 0 amide bonds. The molecule has 0 radical (unpaired) electrons. The SMILES string of the molecule is Nc1ccccc1OCC(O)CN1CCc2ccccc21. The van der Waals surface area contributed by atoms with Crippen molar-refractivity contribution in [1.82, 2.24) is 0 Å². The Morgan fingerprint density at radius 1 is 1.14 bits per heavy atom. The van der Waals surface area contributed by atoms with E-state index in [1.165, 1.54) is 11.3 Å². The fraction of sp³-hybridized carbons (Fsp3) is 0.294. The maximum Gasteiger partial charge on any atom is 0.142 e. The molecule has 2 aromatic rings. The molecular weight excluding hydrogens is 264 g/mol. The zero-order chi connectivity index (χ0) is 14.7. The fourth-order valence-corrected chi connectivity index (χ4v) is 2.70. The average Bonchev–Trinajstić information content (AvgIpc) is 2.90. The van der Waals surface area contributed by atoms with Crippen LogP contribution in [0.15, 0.2) is 48.5 Å². The van der Waals surface area contributed by atoms with Gasteiger partial charge in [-0.25, -0.2) is 0 Å². The molecule has 4 heteroatoms. The Bertz CT molecular complexity index is 615. The van der Waals surface area contributed by atoms with Crippen LogP contribution in [0.5, 0.6) is 5.75 Å². The lowest BCUT2D eigenvalue weighted by molar-refractivity contribution is 0.113. The number of aliphatic hydroxyl groups is 1. The summed E-state index contributed by atoms with van der Waals surface area (Å²) in [6.07, 6.45) is 0.491. The smallest absolute Gasteiger partial charge is 0.142 e. The van der Waals surface area contributed by atoms with Gasteiger partial charge in [-0.3, -0.25) is 0 Å². The van der Waals surface area contributed by atoms with Gasteiger partial charge in [-0.2, -0.15) is 0 Å². The van der Waals surface area contributed by atoms with Gasteiger partial charge in [-0.15, -0.1) is 0 Å². The molecule has 110 valence electrons. The highest BCUT2D eigenvalue weighted by atomic mass is 16.5. The standard InChI is InChI=1S/C17H20N2O2/c18-15-6-2-4-8-17(15)21-12-14(20)11-19-10-9-13-5-1-3-7-16(13)19/h1-8,14,20H,9-12,18H2. The lowest BCUT2D eigenvalue weighted by Gasteiger charge is -2.23. The number of nitrogen functional groups attached to an aromatic ring is 1. The summed E-state index contributed by atoms with van der Waals surface area (Å²) in [6, 6.07) is 15.7. The zero-order valence-corrected chi connectivity index (χ0v) is 11.9. The van der Waals surface area contributed by atoms with Gasteiger partial charge in [0.15, 0.2) is 0 Å². The number of benzene rings is 2. The third kappa shape index (κ3) is 3.11. The predicted molar refractivity (Wildman–Crippen MR) is 84.7 cm³/mol. The van der Waals surface area contributed by atoms with Gasteiger partial charge in [0.05, 0.1) is 5.69 Å². The van der Waals surface area contributed by atoms with Gasteiger partial charge in [0.2, 0.25) is 0 Å². The van der Waals surface area contributed by atoms with Crippen LogP contribution in [0.3, 0.4) is 0 Å². The molecule has 1 aliphatic heterocycles. The highest BCUT2D eigenvalue weighted by Gasteiger charge is 2.21. The second kappa shape index (κ2) is 6.06. The molecule has 2 aromatic carbocycles. The van der Waals surface area contributed by atoms with Crippen LogP contribution in [0.1, 0.15) is 5.56 Å². The van der Waals surface area contributed by atoms with Crippen molar-refractivity contribution in [3.8, 4) is 5.75 Å². The van der Waals surface area contributed by atoms with Crippen LogP contribution in [0, 0.1) is 0 Å². The van der Waals surface area contributed by atoms with Crippen molar-refractivity contribution in [3.63, 3.8) is 0 Å². The molecule has 1 heterocycles. The molecule has 21 heavy (non-hydrogen) atoms. The molecule has 0 aromatic heterocycles. The van der Waals surface area contributed by atoms with Crippen molar-refractivity contribution >= 4 is 11.4 Å². The highest BCUT2D eigenvalue weighted by molar-refractivity contribution is 5.57. The molecule has 0 bridgehead atoms. The molecule has 0 fully saturated rings. The topological polar surface area (TPSA) is 58.7 Å². The van der Waals surface area contributed by atoms with Gasteiger partial charge in [-0.05, 0) is 30.2 Å². The van der Waals surface area contributed by atoms with Crippen molar-refractivity contribution in [3.05, 3.63) is 54.1 Å². The maximum absolute atomic E-state index is 10.2. The minimum Gasteiger partial charge on any atom is -0.489 e. The lowest BCUT2D eigenvalue weighted by Crippen LogP contribution is -2.34. The number of para-hydroxylation sites is 3. The molecule has 0 saturated carbocycles. The van der Waals surface area contributed by atoms with Crippen LogP contribution in [0.2, 0.25) is 0 Å². The Morgan fingerprint density at radius 2 is 1.90 bits per heavy atom. The van der Waals surface area contributed by atoms with Crippen LogP contribution in [0.4, 0.5) is 11.4 Å². The fourth-order valence-electron chi connectivity index (χ4n) is 2.70. The minimum absolute atomic E-state index is 0.243. The third-order valence-electron chi connectivity index (χ3n) is 3.76. The Hall–Kier alpha value is -2.20. The van der Waals surface area contributed by atoms with Crippen molar-refractivity contribution in [2.24, 2.45) is 0 Å². The van der Waals surface area contributed by atoms with E-state index in [1.54, 1.807) is 6.07 Å². The summed E-state index contributed by atoms with van der Waals surface area (Å²) in [7, 11) is 0. The van der Waals surface area contributed by atoms with Crippen molar-refractivity contribution in [1.29, 1.82) is 0 Å². The number of ether oxygens (including phenoxy) is 1. The summed E-state index contributed by atoms with van der Waals surface area (Å²) in [6.45, 7) is 1.76. The largest absolute Gasteiger partial charge is 0.489 e. The predicted octanol–water partition coefficient (Wildman–Crippen LogP) is 2.07. The normalized spacial score (nSPS) is 14.8. The number of fused-ring (bicyclic) bond motifs is 1. The summed E-state index contributed by atoms with van der Waals surface area (Å²) >= 11 is 0. The summed E-state index contributed by atoms with van der Waals surface area (Å²) in [5.41, 5.74) is 8.97. The lowest BCUT2D eigenvalue weighted by atomic mass is 10.2. The number of hydrogen-bond acceptors (Lipinski definition) is 4. The molecule has 0 spiro atoms. The highest BCUT2D eigenvalue weighted by Crippen LogP contribution is 2.27. The van der Waals surface area contributed by atoms with Gasteiger partial charge in [0, 0.05) is 18.8 Å². The Kier molecular flexibility index (Phi) is 3.97. The number of rotatable bonds is 5. The van der Waals surface area contributed by atoms with Gasteiger partial charge in [0.25, 0.3) is 0 Å². The molecular formula is C17H20N2O2. The summed E-state index contributed by atoms with van der Waals surface area (Å²) in [4.78, 5) is 2.21. The first-order chi connectivity index (χ1) is 10.2. The van der Waals surface area contributed by atoms with E-state index < -0.39 is 6.10 Å². The number of anilines is 2. The summed E-state index contributed by atoms with van der Waals surface area (Å²) in [5, 5.41) is 10.2. The van der Waals surface area contributed by atoms with Crippen LogP contribution in [-0.4, -0.2) is 30.9 Å². The number of nitrogens with two attached hydrogens (primary N) is 1. The quantitative estimate of drug-likeness (QED) is 0.825. The molecule has 3 rings (SSSR count). The average molecular weight is 284 g/mol. The molecule has 0 aliphatic carbocycles. The van der Waals surface area contributed by atoms with E-state index in [0.717, 1.165) is 13.0 Å². The molecule has 0 saturated heterocycles. The van der Waals surface area contributed by atoms with E-state index >= 15 is 0 Å². The van der Waals surface area contributed by atoms with Crippen LogP contribution in [-0.2, 0) is 6.42 Å². The van der Waals surface area contributed by atoms with Gasteiger partial charge in [-0.1, -0.05) is 30.3 Å². The first-order valence-corrected chi connectivity index (χ1v) is 7.22. The Balaban J connectivity index is 1.56. The first kappa shape index (κ1) is 13.8. The summed E-state index contributed by atoms with van der Waals surface area (Å²) < 4.78 is 5.60. The molecule has 4 nitrogen and oxygen atoms in total. The van der Waals surface area contributed by atoms with E-state index in [4.69, 9.17) is 10.5 Å². The second-order valence-corrected chi connectivity index (χ2v) is 5.33. The van der Waals surface area contributed by atoms with Crippen molar-refractivity contribution in [2.75, 3.05) is 30.3 Å². The van der Waals surface area contributed by atoms with Crippen LogP contribution >= 0.6 is 0 Å². The zero-order valence-electron chi connectivity index (χ0n) is 11.9. The molecule has 1 atom stereocenters. The third-order valence-corrected chi connectivity index (χ3v) is 3.76. The molecule has 1 aliphatic rings. The van der Waals surface area contributed by atoms with E-state index in [2.05, 4.69) is 23.1 Å². The second-order valence-electron chi connectivity index (χ2n) is 5.33. The number of β-amino-alcohol motifs (C(OH)–C–C–N with tert-alkyl or cyclic N) is 1. The van der Waals surface area contributed by atoms with Crippen LogP contribution < -0.4 is 15.4 Å². The maximum atomic E-state index is 10.2. The van der Waals surface area contributed by atoms with E-state index in [1.807, 2.05) is 24.3 Å². The van der Waals surface area contributed by atoms with Gasteiger partial charge in [0.1, 0.15) is 18.5 Å². The number of aliphatic hydroxyl groups excluding tert-OH is 1. The minimum atomic E-state index is -0.546. The van der Waals surface area contributed by atoms with E-state index in [0.29, 0.717) is 18.0 Å². The van der Waals surface area contributed by atoms with Crippen molar-refractivity contribution in [2.45, 2.75) is 12.5 Å². The number of nitrogens with zero attached hydrogens (tertiary/aromatic N) is 1. The molecule has 1 unspecified atom stereocenters. The van der Waals surface area contributed by atoms with E-state index in [9.17, 15) is 5.11 Å². The van der Waals surface area contributed by atoms with Gasteiger partial charge >= 0.3 is 0 Å². The monoisotopic (exact) mass is 284 g/mol. The Morgan fingerprint density at radius 3 is 2.76 bits per heavy atom. The summed E-state index contributed by atoms with van der Waals surface area (Å²) in [5.74, 6) is 0.623. The Labute approximate surface area is 124 Å². The van der Waals surface area contributed by atoms with Crippen LogP contribution in [0.25, 0.3) is 0 Å². The molecule has 3 N–H and O–H groups in total. The van der Waals surface area contributed by atoms with E-state index in [-0.39, 0.29) is 6.61 Å².